The quantitative estimate of drug-likeness (QED) is 0.319. The number of pyridine rings is 1. The van der Waals surface area contributed by atoms with Gasteiger partial charge in [0.15, 0.2) is 0 Å². The van der Waals surface area contributed by atoms with E-state index in [1.54, 1.807) is 19.2 Å². The Kier molecular flexibility index (Phi) is 6.12. The van der Waals surface area contributed by atoms with Gasteiger partial charge in [-0.15, -0.1) is 11.3 Å². The fraction of sp³-hybridized carbons (Fsp3) is 0.192. The van der Waals surface area contributed by atoms with Crippen molar-refractivity contribution in [3.63, 3.8) is 0 Å². The van der Waals surface area contributed by atoms with Crippen LogP contribution in [0.4, 0.5) is 24.5 Å². The molecule has 1 atom stereocenters. The van der Waals surface area contributed by atoms with Crippen molar-refractivity contribution in [2.45, 2.75) is 25.9 Å². The number of thiophene rings is 1. The number of nitrogens with zero attached hydrogens (tertiary/aromatic N) is 2. The molecule has 1 aliphatic rings. The molecule has 7 nitrogen and oxygen atoms in total. The topological polar surface area (TPSA) is 91.8 Å². The summed E-state index contributed by atoms with van der Waals surface area (Å²) in [5.74, 6) is -1.80. The van der Waals surface area contributed by atoms with E-state index in [-0.39, 0.29) is 28.3 Å². The van der Waals surface area contributed by atoms with E-state index in [0.29, 0.717) is 21.6 Å². The molecule has 1 amide bonds. The number of carboxylic acids is 1. The van der Waals surface area contributed by atoms with Crippen molar-refractivity contribution < 1.29 is 32.6 Å². The summed E-state index contributed by atoms with van der Waals surface area (Å²) >= 11 is 1.12. The summed E-state index contributed by atoms with van der Waals surface area (Å²) in [6.45, 7) is 2.06. The number of carbonyl (C=O) groups excluding carboxylic acids is 1. The Morgan fingerprint density at radius 1 is 1.19 bits per heavy atom. The number of halogens is 3. The van der Waals surface area contributed by atoms with Gasteiger partial charge in [0.25, 0.3) is 5.91 Å². The van der Waals surface area contributed by atoms with Crippen LogP contribution in [-0.4, -0.2) is 29.1 Å². The number of hydrogen-bond acceptors (Lipinski definition) is 6. The molecule has 0 radical (unpaired) electrons. The molecule has 0 spiro atoms. The number of alkyl halides is 3. The highest BCUT2D eigenvalue weighted by atomic mass is 32.1. The molecule has 5 rings (SSSR count). The van der Waals surface area contributed by atoms with Gasteiger partial charge in [-0.1, -0.05) is 24.3 Å². The number of methoxy groups -OCH3 is 1. The number of rotatable bonds is 5. The van der Waals surface area contributed by atoms with E-state index < -0.39 is 29.8 Å². The van der Waals surface area contributed by atoms with Crippen LogP contribution >= 0.6 is 11.3 Å². The van der Waals surface area contributed by atoms with Crippen LogP contribution in [0.15, 0.2) is 54.6 Å². The van der Waals surface area contributed by atoms with Crippen LogP contribution in [-0.2, 0) is 17.5 Å². The first-order valence-corrected chi connectivity index (χ1v) is 11.9. The van der Waals surface area contributed by atoms with E-state index in [1.807, 2.05) is 13.0 Å². The molecule has 2 N–H and O–H groups in total. The normalized spacial score (nSPS) is 15.5. The first-order valence-electron chi connectivity index (χ1n) is 11.1. The van der Waals surface area contributed by atoms with E-state index in [1.165, 1.54) is 24.3 Å². The van der Waals surface area contributed by atoms with Gasteiger partial charge in [-0.2, -0.15) is 13.2 Å². The second kappa shape index (κ2) is 9.16. The zero-order chi connectivity index (χ0) is 26.5. The molecule has 1 aliphatic heterocycles. The molecule has 0 fully saturated rings. The number of aryl methyl sites for hydroxylation is 1. The Bertz CT molecular complexity index is 1550. The first kappa shape index (κ1) is 24.7. The van der Waals surface area contributed by atoms with Crippen LogP contribution in [0.5, 0.6) is 0 Å². The van der Waals surface area contributed by atoms with Crippen LogP contribution in [0.2, 0.25) is 0 Å². The molecule has 4 aromatic rings. The lowest BCUT2D eigenvalue weighted by Crippen LogP contribution is -2.43. The third kappa shape index (κ3) is 4.30. The van der Waals surface area contributed by atoms with Crippen molar-refractivity contribution in [3.8, 4) is 0 Å². The van der Waals surface area contributed by atoms with Crippen molar-refractivity contribution >= 4 is 44.8 Å². The number of hydrogen-bond donors (Lipinski definition) is 2. The zero-order valence-corrected chi connectivity index (χ0v) is 20.4. The number of aromatic nitrogens is 1. The smallest absolute Gasteiger partial charge is 0.416 e. The molecule has 1 unspecified atom stereocenters. The third-order valence-corrected chi connectivity index (χ3v) is 7.13. The van der Waals surface area contributed by atoms with Gasteiger partial charge < -0.3 is 15.2 Å². The predicted octanol–water partition coefficient (Wildman–Crippen LogP) is 6.24. The van der Waals surface area contributed by atoms with Gasteiger partial charge in [0.1, 0.15) is 15.9 Å². The Morgan fingerprint density at radius 2 is 1.95 bits per heavy atom. The van der Waals surface area contributed by atoms with Crippen LogP contribution in [0, 0.1) is 6.92 Å². The molecule has 0 aliphatic carbocycles. The highest BCUT2D eigenvalue weighted by Gasteiger charge is 2.40. The number of anilines is 2. The lowest BCUT2D eigenvalue weighted by atomic mass is 9.99. The first-order chi connectivity index (χ1) is 17.6. The maximum Gasteiger partial charge on any atom is 0.416 e. The number of aromatic carboxylic acids is 1. The number of fused-ring (bicyclic) bond motifs is 3. The summed E-state index contributed by atoms with van der Waals surface area (Å²) in [6.07, 6.45) is -5.74. The molecule has 2 aromatic carbocycles. The van der Waals surface area contributed by atoms with Gasteiger partial charge in [-0.25, -0.2) is 9.78 Å². The molecule has 0 saturated heterocycles. The van der Waals surface area contributed by atoms with Gasteiger partial charge in [0.05, 0.1) is 23.4 Å². The Balaban J connectivity index is 1.77. The molecule has 190 valence electrons. The van der Waals surface area contributed by atoms with Crippen LogP contribution in [0.1, 0.15) is 48.6 Å². The summed E-state index contributed by atoms with van der Waals surface area (Å²) in [5, 5.41) is 13.8. The van der Waals surface area contributed by atoms with Gasteiger partial charge in [-0.05, 0) is 42.8 Å². The largest absolute Gasteiger partial charge is 0.478 e. The summed E-state index contributed by atoms with van der Waals surface area (Å²) in [6, 6.07) is 12.3. The van der Waals surface area contributed by atoms with Gasteiger partial charge in [-0.3, -0.25) is 9.69 Å². The summed E-state index contributed by atoms with van der Waals surface area (Å²) in [5.41, 5.74) is 1.12. The van der Waals surface area contributed by atoms with Crippen molar-refractivity contribution in [1.29, 1.82) is 0 Å². The lowest BCUT2D eigenvalue weighted by molar-refractivity contribution is -0.137. The molecule has 11 heteroatoms. The number of ether oxygens (including phenoxy) is 1. The number of benzene rings is 2. The van der Waals surface area contributed by atoms with Crippen molar-refractivity contribution in [1.82, 2.24) is 4.98 Å². The minimum Gasteiger partial charge on any atom is -0.478 e. The fourth-order valence-electron chi connectivity index (χ4n) is 4.54. The molecule has 3 heterocycles. The molecular formula is C26H20F3N3O4S. The zero-order valence-electron chi connectivity index (χ0n) is 19.6. The van der Waals surface area contributed by atoms with Gasteiger partial charge >= 0.3 is 12.1 Å². The molecule has 0 bridgehead atoms. The summed E-state index contributed by atoms with van der Waals surface area (Å²) in [7, 11) is 1.54. The van der Waals surface area contributed by atoms with Crippen LogP contribution in [0.25, 0.3) is 10.2 Å². The number of nitrogens with one attached hydrogen (secondary N) is 1. The van der Waals surface area contributed by atoms with E-state index in [9.17, 15) is 27.9 Å². The van der Waals surface area contributed by atoms with Crippen molar-refractivity contribution in [3.05, 3.63) is 87.4 Å². The Morgan fingerprint density at radius 3 is 2.65 bits per heavy atom. The SMILES string of the molecule is COCc1cc(C)nc2sc3c(c12)NC(c1ccccc1C(=O)O)N(c1cccc(C(F)(F)F)c1)C3=O. The van der Waals surface area contributed by atoms with Crippen molar-refractivity contribution in [2.24, 2.45) is 0 Å². The fourth-order valence-corrected chi connectivity index (χ4v) is 5.71. The average molecular weight is 528 g/mol. The number of carbonyl (C=O) groups is 2. The molecule has 2 aromatic heterocycles. The minimum absolute atomic E-state index is 0.0260. The van der Waals surface area contributed by atoms with Crippen LogP contribution in [0.3, 0.4) is 0 Å². The number of carboxylic acid groups (broad SMARTS) is 1. The van der Waals surface area contributed by atoms with Crippen LogP contribution < -0.4 is 10.2 Å². The predicted molar refractivity (Wildman–Crippen MR) is 133 cm³/mol. The van der Waals surface area contributed by atoms with E-state index >= 15 is 0 Å². The maximum atomic E-state index is 14.0. The average Bonchev–Trinajstić information content (AvgIpc) is 3.22. The van der Waals surface area contributed by atoms with Crippen molar-refractivity contribution in [2.75, 3.05) is 17.3 Å². The highest BCUT2D eigenvalue weighted by Crippen LogP contribution is 2.46. The Labute approximate surface area is 213 Å². The van der Waals surface area contributed by atoms with E-state index in [0.717, 1.165) is 33.9 Å². The molecule has 0 saturated carbocycles. The van der Waals surface area contributed by atoms with Gasteiger partial charge in [0.2, 0.25) is 0 Å². The van der Waals surface area contributed by atoms with E-state index in [4.69, 9.17) is 4.74 Å². The van der Waals surface area contributed by atoms with E-state index in [2.05, 4.69) is 10.3 Å². The molecule has 37 heavy (non-hydrogen) atoms. The third-order valence-electron chi connectivity index (χ3n) is 6.06. The summed E-state index contributed by atoms with van der Waals surface area (Å²) in [4.78, 5) is 32.6. The second-order valence-electron chi connectivity index (χ2n) is 8.50. The minimum atomic E-state index is -4.63. The number of amides is 1. The molecular weight excluding hydrogens is 507 g/mol. The monoisotopic (exact) mass is 527 g/mol. The summed E-state index contributed by atoms with van der Waals surface area (Å²) < 4.78 is 46.0. The standard InChI is InChI=1S/C26H20F3N3O4S/c1-13-10-14(12-36-2)19-20-21(37-23(19)30-13)24(33)32(16-7-5-6-15(11-16)26(27,28)29)22(31-20)17-8-3-4-9-18(17)25(34)35/h3-11,22,31H,12H2,1-2H3,(H,34,35). The second-order valence-corrected chi connectivity index (χ2v) is 9.50. The maximum absolute atomic E-state index is 14.0. The highest BCUT2D eigenvalue weighted by molar-refractivity contribution is 7.21. The Hall–Kier alpha value is -3.96. The van der Waals surface area contributed by atoms with Gasteiger partial charge in [0, 0.05) is 29.4 Å². The lowest BCUT2D eigenvalue weighted by Gasteiger charge is -2.37.